The van der Waals surface area contributed by atoms with Gasteiger partial charge in [0.25, 0.3) is 0 Å². The molecule has 246 valence electrons. The van der Waals surface area contributed by atoms with Gasteiger partial charge in [-0.3, -0.25) is 9.97 Å². The van der Waals surface area contributed by atoms with Crippen molar-refractivity contribution in [1.29, 1.82) is 0 Å². The minimum Gasteiger partial charge on any atom is -0.456 e. The molecule has 0 saturated carbocycles. The van der Waals surface area contributed by atoms with Crippen molar-refractivity contribution >= 4 is 21.9 Å². The van der Waals surface area contributed by atoms with E-state index in [1.165, 1.54) is 33.4 Å². The van der Waals surface area contributed by atoms with Crippen molar-refractivity contribution in [2.75, 3.05) is 0 Å². The summed E-state index contributed by atoms with van der Waals surface area (Å²) >= 11 is 0. The molecular weight excluding hydrogens is 635 g/mol. The first kappa shape index (κ1) is 30.2. The first-order valence-corrected chi connectivity index (χ1v) is 17.8. The molecular formula is C48H33N3O. The lowest BCUT2D eigenvalue weighted by atomic mass is 9.84. The lowest BCUT2D eigenvalue weighted by molar-refractivity contribution is 0.669. The summed E-state index contributed by atoms with van der Waals surface area (Å²) in [6, 6.07) is 55.9. The number of hydrogen-bond acceptors (Lipinski definition) is 4. The van der Waals surface area contributed by atoms with Crippen LogP contribution in [0, 0.1) is 0 Å². The topological polar surface area (TPSA) is 51.8 Å². The Hall–Kier alpha value is -6.65. The summed E-state index contributed by atoms with van der Waals surface area (Å²) in [6.07, 6.45) is 5.74. The highest BCUT2D eigenvalue weighted by atomic mass is 16.3. The van der Waals surface area contributed by atoms with Gasteiger partial charge in [0.1, 0.15) is 11.2 Å². The predicted octanol–water partition coefficient (Wildman–Crippen LogP) is 12.2. The minimum absolute atomic E-state index is 0.341. The van der Waals surface area contributed by atoms with Crippen molar-refractivity contribution in [2.24, 2.45) is 0 Å². The van der Waals surface area contributed by atoms with Gasteiger partial charge in [0, 0.05) is 29.1 Å². The summed E-state index contributed by atoms with van der Waals surface area (Å²) in [7, 11) is 0. The quantitative estimate of drug-likeness (QED) is 0.183. The Morgan fingerprint density at radius 2 is 1.17 bits per heavy atom. The Labute approximate surface area is 302 Å². The molecule has 0 amide bonds. The second-order valence-corrected chi connectivity index (χ2v) is 13.5. The van der Waals surface area contributed by atoms with Crippen molar-refractivity contribution in [3.8, 4) is 56.2 Å². The first-order chi connectivity index (χ1) is 25.8. The number of aryl methyl sites for hydroxylation is 1. The average molecular weight is 668 g/mol. The Morgan fingerprint density at radius 1 is 0.481 bits per heavy atom. The third-order valence-corrected chi connectivity index (χ3v) is 10.5. The zero-order valence-electron chi connectivity index (χ0n) is 28.4. The van der Waals surface area contributed by atoms with Gasteiger partial charge >= 0.3 is 0 Å². The molecule has 4 heterocycles. The maximum absolute atomic E-state index is 6.51. The van der Waals surface area contributed by atoms with Crippen molar-refractivity contribution in [1.82, 2.24) is 15.0 Å². The number of nitrogens with zero attached hydrogens (tertiary/aromatic N) is 3. The summed E-state index contributed by atoms with van der Waals surface area (Å²) in [6.45, 7) is 0. The molecule has 9 aromatic rings. The van der Waals surface area contributed by atoms with Crippen LogP contribution in [0.3, 0.4) is 0 Å². The number of aromatic nitrogens is 3. The molecule has 52 heavy (non-hydrogen) atoms. The lowest BCUT2D eigenvalue weighted by Gasteiger charge is -2.19. The molecule has 1 atom stereocenters. The molecule has 4 heteroatoms. The largest absolute Gasteiger partial charge is 0.456 e. The predicted molar refractivity (Wildman–Crippen MR) is 211 cm³/mol. The Morgan fingerprint density at radius 3 is 1.94 bits per heavy atom. The van der Waals surface area contributed by atoms with E-state index >= 15 is 0 Å². The molecule has 10 rings (SSSR count). The molecule has 0 bridgehead atoms. The van der Waals surface area contributed by atoms with Gasteiger partial charge in [-0.25, -0.2) is 4.98 Å². The van der Waals surface area contributed by atoms with Crippen LogP contribution in [0.2, 0.25) is 0 Å². The van der Waals surface area contributed by atoms with E-state index in [1.54, 1.807) is 12.4 Å². The average Bonchev–Trinajstić information content (AvgIpc) is 3.52. The Kier molecular flexibility index (Phi) is 7.31. The van der Waals surface area contributed by atoms with Gasteiger partial charge in [-0.2, -0.15) is 0 Å². The highest BCUT2D eigenvalue weighted by molar-refractivity contribution is 6.13. The number of furan rings is 1. The second-order valence-electron chi connectivity index (χ2n) is 13.5. The molecule has 0 aliphatic heterocycles. The van der Waals surface area contributed by atoms with Crippen LogP contribution in [0.4, 0.5) is 0 Å². The maximum Gasteiger partial charge on any atom is 0.136 e. The van der Waals surface area contributed by atoms with Crippen LogP contribution < -0.4 is 0 Å². The number of pyridine rings is 3. The fourth-order valence-electron chi connectivity index (χ4n) is 7.98. The van der Waals surface area contributed by atoms with Gasteiger partial charge in [-0.05, 0) is 124 Å². The molecule has 0 N–H and O–H groups in total. The number of rotatable bonds is 5. The summed E-state index contributed by atoms with van der Waals surface area (Å²) < 4.78 is 6.51. The zero-order valence-corrected chi connectivity index (χ0v) is 28.4. The van der Waals surface area contributed by atoms with Gasteiger partial charge in [-0.15, -0.1) is 0 Å². The number of benzene rings is 5. The van der Waals surface area contributed by atoms with E-state index in [4.69, 9.17) is 9.40 Å². The van der Waals surface area contributed by atoms with Gasteiger partial charge in [-0.1, -0.05) is 97.1 Å². The second kappa shape index (κ2) is 12.6. The third kappa shape index (κ3) is 5.28. The van der Waals surface area contributed by atoms with Crippen molar-refractivity contribution in [3.05, 3.63) is 187 Å². The van der Waals surface area contributed by atoms with Crippen LogP contribution in [-0.2, 0) is 6.42 Å². The van der Waals surface area contributed by atoms with Crippen LogP contribution in [0.25, 0.3) is 78.1 Å². The molecule has 4 nitrogen and oxygen atoms in total. The fourth-order valence-corrected chi connectivity index (χ4v) is 7.98. The standard InChI is InChI=1S/C48H33N3O/c1-2-11-31(12-3-1)37-22-19-32-13-4-5-14-36(32)40-27-33(20-23-39(37)40)34-21-24-46-41(28-34)48-38(15-10-18-47(48)52-46)35-29-44(42-16-6-8-25-49-42)51-45(30-35)43-17-7-9-26-50-43/h1-18,20-21,23-30,37H,19,22H2. The molecule has 0 saturated heterocycles. The lowest BCUT2D eigenvalue weighted by Crippen LogP contribution is -2.02. The molecule has 4 aromatic heterocycles. The van der Waals surface area contributed by atoms with Crippen LogP contribution in [-0.4, -0.2) is 15.0 Å². The highest BCUT2D eigenvalue weighted by Gasteiger charge is 2.24. The Balaban J connectivity index is 1.14. The smallest absolute Gasteiger partial charge is 0.136 e. The van der Waals surface area contributed by atoms with Crippen LogP contribution >= 0.6 is 0 Å². The van der Waals surface area contributed by atoms with E-state index in [9.17, 15) is 0 Å². The van der Waals surface area contributed by atoms with Gasteiger partial charge in [0.05, 0.1) is 22.8 Å². The van der Waals surface area contributed by atoms with Crippen LogP contribution in [0.1, 0.15) is 29.0 Å². The zero-order chi connectivity index (χ0) is 34.4. The number of fused-ring (bicyclic) bond motifs is 6. The van der Waals surface area contributed by atoms with Crippen molar-refractivity contribution < 1.29 is 4.42 Å². The van der Waals surface area contributed by atoms with Crippen molar-refractivity contribution in [3.63, 3.8) is 0 Å². The Bertz CT molecular complexity index is 2680. The molecule has 0 fully saturated rings. The van der Waals surface area contributed by atoms with E-state index in [-0.39, 0.29) is 0 Å². The summed E-state index contributed by atoms with van der Waals surface area (Å²) in [5.41, 5.74) is 16.2. The van der Waals surface area contributed by atoms with Crippen molar-refractivity contribution in [2.45, 2.75) is 18.8 Å². The molecule has 1 unspecified atom stereocenters. The normalized spacial score (nSPS) is 13.8. The first-order valence-electron chi connectivity index (χ1n) is 17.8. The van der Waals surface area contributed by atoms with E-state index in [1.807, 2.05) is 36.4 Å². The van der Waals surface area contributed by atoms with E-state index in [2.05, 4.69) is 131 Å². The summed E-state index contributed by atoms with van der Waals surface area (Å²) in [5.74, 6) is 0.341. The molecule has 0 radical (unpaired) electrons. The van der Waals surface area contributed by atoms with Crippen LogP contribution in [0.15, 0.2) is 175 Å². The monoisotopic (exact) mass is 667 g/mol. The molecule has 1 aliphatic carbocycles. The highest BCUT2D eigenvalue weighted by Crippen LogP contribution is 2.44. The van der Waals surface area contributed by atoms with E-state index in [0.717, 1.165) is 74.2 Å². The molecule has 1 aliphatic rings. The number of hydrogen-bond donors (Lipinski definition) is 0. The minimum atomic E-state index is 0.341. The SMILES string of the molecule is c1ccc(C2CCc3ccccc3-c3cc(-c4ccc5oc6cccc(-c7cc(-c8ccccn8)nc(-c8ccccn8)c7)c6c5c4)ccc32)cc1. The summed E-state index contributed by atoms with van der Waals surface area (Å²) in [5, 5.41) is 2.16. The fraction of sp³-hybridized carbons (Fsp3) is 0.0625. The van der Waals surface area contributed by atoms with Crippen LogP contribution in [0.5, 0.6) is 0 Å². The molecule has 5 aromatic carbocycles. The van der Waals surface area contributed by atoms with E-state index < -0.39 is 0 Å². The van der Waals surface area contributed by atoms with Gasteiger partial charge in [0.15, 0.2) is 0 Å². The maximum atomic E-state index is 6.51. The van der Waals surface area contributed by atoms with Gasteiger partial charge in [0.2, 0.25) is 0 Å². The van der Waals surface area contributed by atoms with E-state index in [0.29, 0.717) is 5.92 Å². The third-order valence-electron chi connectivity index (χ3n) is 10.5. The molecule has 0 spiro atoms. The summed E-state index contributed by atoms with van der Waals surface area (Å²) in [4.78, 5) is 14.3. The van der Waals surface area contributed by atoms with Gasteiger partial charge < -0.3 is 4.42 Å².